The van der Waals surface area contributed by atoms with Crippen LogP contribution in [-0.2, 0) is 7.05 Å². The number of rotatable bonds is 1. The summed E-state index contributed by atoms with van der Waals surface area (Å²) in [5, 5.41) is 4.02. The average Bonchev–Trinajstić information content (AvgIpc) is 3.26. The Kier molecular flexibility index (Phi) is 2.88. The van der Waals surface area contributed by atoms with Crippen molar-refractivity contribution >= 4 is 50.3 Å². The molecule has 2 aromatic heterocycles. The van der Waals surface area contributed by atoms with E-state index in [0.717, 1.165) is 26.7 Å². The first-order valence-corrected chi connectivity index (χ1v) is 8.89. The molecule has 25 heavy (non-hydrogen) atoms. The zero-order valence-electron chi connectivity index (χ0n) is 13.4. The summed E-state index contributed by atoms with van der Waals surface area (Å²) in [5.41, 5.74) is 3.39. The minimum Gasteiger partial charge on any atom is -0.343 e. The minimum atomic E-state index is -0.106. The van der Waals surface area contributed by atoms with Gasteiger partial charge in [-0.3, -0.25) is 9.59 Å². The second kappa shape index (κ2) is 5.01. The summed E-state index contributed by atoms with van der Waals surface area (Å²) in [6, 6.07) is 15.6. The molecule has 5 rings (SSSR count). The number of thiophene rings is 1. The predicted molar refractivity (Wildman–Crippen MR) is 101 cm³/mol. The van der Waals surface area contributed by atoms with Gasteiger partial charge in [0, 0.05) is 39.4 Å². The number of nitrogens with zero attached hydrogens (tertiary/aromatic N) is 1. The van der Waals surface area contributed by atoms with Crippen molar-refractivity contribution in [3.8, 4) is 0 Å². The summed E-state index contributed by atoms with van der Waals surface area (Å²) in [7, 11) is 1.95. The van der Waals surface area contributed by atoms with Crippen molar-refractivity contribution in [3.63, 3.8) is 0 Å². The predicted octanol–water partition coefficient (Wildman–Crippen LogP) is 4.86. The van der Waals surface area contributed by atoms with E-state index in [4.69, 9.17) is 0 Å². The summed E-state index contributed by atoms with van der Waals surface area (Å²) >= 11 is 1.48. The van der Waals surface area contributed by atoms with Crippen molar-refractivity contribution in [2.75, 3.05) is 0 Å². The number of benzene rings is 2. The molecule has 3 nitrogen and oxygen atoms in total. The van der Waals surface area contributed by atoms with Gasteiger partial charge in [-0.2, -0.15) is 0 Å². The highest BCUT2D eigenvalue weighted by Crippen LogP contribution is 2.37. The number of carbonyl (C=O) groups excluding carboxylic acids is 2. The quantitative estimate of drug-likeness (QED) is 0.495. The normalized spacial score (nSPS) is 14.2. The standard InChI is InChI=1S/C21H13NO2S/c1-22-16-6-3-2-5-12(16)13-8-9-14-17(23)11-15(18-7-4-10-25-18)21(24)19(14)20(13)22/h2-11H,1H3. The largest absolute Gasteiger partial charge is 0.343 e. The summed E-state index contributed by atoms with van der Waals surface area (Å²) in [4.78, 5) is 26.8. The molecule has 2 aromatic carbocycles. The van der Waals surface area contributed by atoms with Crippen LogP contribution in [0.1, 0.15) is 25.6 Å². The molecule has 1 aliphatic rings. The van der Waals surface area contributed by atoms with E-state index in [2.05, 4.69) is 6.07 Å². The number of Topliss-reactive ketones (excluding diaryl/α,β-unsaturated/α-hetero) is 1. The van der Waals surface area contributed by atoms with Crippen LogP contribution in [0.25, 0.3) is 27.4 Å². The molecular formula is C21H13NO2S. The van der Waals surface area contributed by atoms with E-state index in [-0.39, 0.29) is 11.6 Å². The van der Waals surface area contributed by atoms with Gasteiger partial charge in [0.25, 0.3) is 0 Å². The Bertz CT molecular complexity index is 1230. The number of hydrogen-bond acceptors (Lipinski definition) is 3. The molecule has 0 bridgehead atoms. The lowest BCUT2D eigenvalue weighted by Gasteiger charge is -2.16. The maximum atomic E-state index is 13.3. The van der Waals surface area contributed by atoms with Crippen molar-refractivity contribution in [2.45, 2.75) is 0 Å². The maximum absolute atomic E-state index is 13.3. The molecular weight excluding hydrogens is 330 g/mol. The first kappa shape index (κ1) is 14.4. The fourth-order valence-electron chi connectivity index (χ4n) is 3.73. The van der Waals surface area contributed by atoms with Gasteiger partial charge in [-0.25, -0.2) is 0 Å². The van der Waals surface area contributed by atoms with Gasteiger partial charge in [-0.05, 0) is 29.7 Å². The summed E-state index contributed by atoms with van der Waals surface area (Å²) in [6.07, 6.45) is 1.48. The molecule has 0 N–H and O–H groups in total. The Morgan fingerprint density at radius 2 is 1.76 bits per heavy atom. The molecule has 2 heterocycles. The van der Waals surface area contributed by atoms with E-state index in [0.29, 0.717) is 16.7 Å². The van der Waals surface area contributed by atoms with Crippen LogP contribution in [0.3, 0.4) is 0 Å². The lowest BCUT2D eigenvalue weighted by atomic mass is 9.87. The van der Waals surface area contributed by atoms with Gasteiger partial charge < -0.3 is 4.57 Å². The Morgan fingerprint density at radius 1 is 0.920 bits per heavy atom. The van der Waals surface area contributed by atoms with Gasteiger partial charge >= 0.3 is 0 Å². The molecule has 0 unspecified atom stereocenters. The van der Waals surface area contributed by atoms with E-state index in [9.17, 15) is 9.59 Å². The third-order valence-corrected chi connectivity index (χ3v) is 5.77. The first-order chi connectivity index (χ1) is 12.2. The lowest BCUT2D eigenvalue weighted by Crippen LogP contribution is -2.17. The van der Waals surface area contributed by atoms with Crippen LogP contribution in [0.4, 0.5) is 0 Å². The van der Waals surface area contributed by atoms with Gasteiger partial charge in [0.15, 0.2) is 11.6 Å². The number of hydrogen-bond donors (Lipinski definition) is 0. The van der Waals surface area contributed by atoms with Crippen LogP contribution >= 0.6 is 11.3 Å². The molecule has 0 aliphatic heterocycles. The van der Waals surface area contributed by atoms with Crippen LogP contribution in [0, 0.1) is 0 Å². The zero-order valence-corrected chi connectivity index (χ0v) is 14.3. The maximum Gasteiger partial charge on any atom is 0.197 e. The van der Waals surface area contributed by atoms with Gasteiger partial charge in [0.2, 0.25) is 0 Å². The number of aryl methyl sites for hydroxylation is 1. The first-order valence-electron chi connectivity index (χ1n) is 8.01. The molecule has 0 spiro atoms. The topological polar surface area (TPSA) is 39.1 Å². The third-order valence-electron chi connectivity index (χ3n) is 4.87. The molecule has 0 saturated carbocycles. The van der Waals surface area contributed by atoms with Crippen LogP contribution in [-0.4, -0.2) is 16.1 Å². The molecule has 0 radical (unpaired) electrons. The van der Waals surface area contributed by atoms with Crippen LogP contribution in [0.2, 0.25) is 0 Å². The second-order valence-corrected chi connectivity index (χ2v) is 7.14. The van der Waals surface area contributed by atoms with Crippen molar-refractivity contribution in [3.05, 3.63) is 76.0 Å². The second-order valence-electron chi connectivity index (χ2n) is 6.19. The van der Waals surface area contributed by atoms with E-state index in [1.807, 2.05) is 53.4 Å². The number of fused-ring (bicyclic) bond motifs is 5. The fraction of sp³-hybridized carbons (Fsp3) is 0.0476. The molecule has 120 valence electrons. The van der Waals surface area contributed by atoms with E-state index >= 15 is 0 Å². The molecule has 4 heteroatoms. The molecule has 4 aromatic rings. The smallest absolute Gasteiger partial charge is 0.197 e. The van der Waals surface area contributed by atoms with Crippen LogP contribution < -0.4 is 0 Å². The van der Waals surface area contributed by atoms with E-state index in [1.54, 1.807) is 6.07 Å². The fourth-order valence-corrected chi connectivity index (χ4v) is 4.47. The SMILES string of the molecule is Cn1c2ccccc2c2ccc3c(c21)C(=O)C(c1cccs1)=CC3=O. The molecule has 1 aliphatic carbocycles. The van der Waals surface area contributed by atoms with Crippen LogP contribution in [0.5, 0.6) is 0 Å². The Hall–Kier alpha value is -2.98. The molecule has 0 amide bonds. The highest BCUT2D eigenvalue weighted by atomic mass is 32.1. The van der Waals surface area contributed by atoms with Gasteiger partial charge in [-0.15, -0.1) is 11.3 Å². The van der Waals surface area contributed by atoms with E-state index in [1.165, 1.54) is 17.4 Å². The number of para-hydroxylation sites is 1. The third kappa shape index (κ3) is 1.86. The average molecular weight is 343 g/mol. The van der Waals surface area contributed by atoms with Gasteiger partial charge in [-0.1, -0.05) is 30.3 Å². The number of allylic oxidation sites excluding steroid dienone is 2. The monoisotopic (exact) mass is 343 g/mol. The van der Waals surface area contributed by atoms with Gasteiger partial charge in [0.05, 0.1) is 11.1 Å². The van der Waals surface area contributed by atoms with Crippen molar-refractivity contribution < 1.29 is 9.59 Å². The minimum absolute atomic E-state index is 0.0754. The Morgan fingerprint density at radius 3 is 2.56 bits per heavy atom. The van der Waals surface area contributed by atoms with Crippen LogP contribution in [0.15, 0.2) is 60.0 Å². The molecule has 0 saturated heterocycles. The zero-order chi connectivity index (χ0) is 17.1. The Labute approximate surface area is 147 Å². The van der Waals surface area contributed by atoms with E-state index < -0.39 is 0 Å². The number of aromatic nitrogens is 1. The highest BCUT2D eigenvalue weighted by molar-refractivity contribution is 7.11. The Balaban J connectivity index is 1.90. The lowest BCUT2D eigenvalue weighted by molar-refractivity contribution is 0.100. The van der Waals surface area contributed by atoms with Crippen molar-refractivity contribution in [1.82, 2.24) is 4.57 Å². The summed E-state index contributed by atoms with van der Waals surface area (Å²) < 4.78 is 2.02. The molecule has 0 fully saturated rings. The number of carbonyl (C=O) groups is 2. The highest BCUT2D eigenvalue weighted by Gasteiger charge is 2.30. The molecule has 0 atom stereocenters. The number of ketones is 2. The summed E-state index contributed by atoms with van der Waals surface area (Å²) in [5.74, 6) is -0.182. The van der Waals surface area contributed by atoms with Crippen molar-refractivity contribution in [1.29, 1.82) is 0 Å². The summed E-state index contributed by atoms with van der Waals surface area (Å²) in [6.45, 7) is 0. The van der Waals surface area contributed by atoms with Crippen molar-refractivity contribution in [2.24, 2.45) is 7.05 Å². The van der Waals surface area contributed by atoms with Gasteiger partial charge in [0.1, 0.15) is 0 Å².